The number of amides is 1. The highest BCUT2D eigenvalue weighted by Gasteiger charge is 2.75. The predicted octanol–water partition coefficient (Wildman–Crippen LogP) is 2.58. The standard InChI is InChI=1S/C19H21N3O4/c1-12-10-18(14(3)23)16(15-8-6-5-7-9-15)20-21(4)17(24)19(18,22(25)26)11-13(12)2/h5-9H,10-11H2,1-4H3. The van der Waals surface area contributed by atoms with Gasteiger partial charge >= 0.3 is 11.4 Å². The molecule has 26 heavy (non-hydrogen) atoms. The molecule has 0 fully saturated rings. The van der Waals surface area contributed by atoms with Crippen LogP contribution >= 0.6 is 0 Å². The molecule has 0 N–H and O–H groups in total. The minimum atomic E-state index is -2.08. The lowest BCUT2D eigenvalue weighted by Crippen LogP contribution is -2.72. The van der Waals surface area contributed by atoms with E-state index < -0.39 is 27.6 Å². The van der Waals surface area contributed by atoms with Crippen LogP contribution < -0.4 is 0 Å². The molecule has 0 bridgehead atoms. The summed E-state index contributed by atoms with van der Waals surface area (Å²) in [6, 6.07) is 8.91. The predicted molar refractivity (Wildman–Crippen MR) is 96.2 cm³/mol. The van der Waals surface area contributed by atoms with Crippen molar-refractivity contribution in [3.05, 3.63) is 57.2 Å². The van der Waals surface area contributed by atoms with Gasteiger partial charge in [-0.3, -0.25) is 19.7 Å². The van der Waals surface area contributed by atoms with E-state index >= 15 is 0 Å². The third-order valence-corrected chi connectivity index (χ3v) is 5.75. The highest BCUT2D eigenvalue weighted by Crippen LogP contribution is 2.53. The van der Waals surface area contributed by atoms with E-state index in [1.54, 1.807) is 31.2 Å². The number of allylic oxidation sites excluding steroid dienone is 1. The van der Waals surface area contributed by atoms with Crippen molar-refractivity contribution in [2.75, 3.05) is 7.05 Å². The fourth-order valence-electron chi connectivity index (χ4n) is 4.25. The summed E-state index contributed by atoms with van der Waals surface area (Å²) in [6.45, 7) is 4.96. The van der Waals surface area contributed by atoms with Crippen LogP contribution in [0.25, 0.3) is 0 Å². The molecule has 7 heteroatoms. The molecule has 0 radical (unpaired) electrons. The summed E-state index contributed by atoms with van der Waals surface area (Å²) in [4.78, 5) is 37.8. The van der Waals surface area contributed by atoms with Crippen LogP contribution in [0.5, 0.6) is 0 Å². The van der Waals surface area contributed by atoms with Gasteiger partial charge in [-0.2, -0.15) is 5.10 Å². The highest BCUT2D eigenvalue weighted by atomic mass is 16.6. The second-order valence-corrected chi connectivity index (χ2v) is 7.14. The zero-order chi connectivity index (χ0) is 19.3. The molecule has 1 aromatic carbocycles. The average Bonchev–Trinajstić information content (AvgIpc) is 2.60. The Bertz CT molecular complexity index is 874. The van der Waals surface area contributed by atoms with Crippen LogP contribution in [0.3, 0.4) is 0 Å². The van der Waals surface area contributed by atoms with Crippen LogP contribution in [0.1, 0.15) is 39.2 Å². The molecule has 1 aliphatic heterocycles. The highest BCUT2D eigenvalue weighted by molar-refractivity contribution is 6.22. The largest absolute Gasteiger partial charge is 0.322 e. The molecule has 1 amide bonds. The van der Waals surface area contributed by atoms with Gasteiger partial charge in [-0.1, -0.05) is 41.5 Å². The van der Waals surface area contributed by atoms with E-state index in [0.29, 0.717) is 5.56 Å². The van der Waals surface area contributed by atoms with Gasteiger partial charge in [0, 0.05) is 12.0 Å². The van der Waals surface area contributed by atoms with Gasteiger partial charge in [-0.25, -0.2) is 5.01 Å². The van der Waals surface area contributed by atoms with E-state index in [-0.39, 0.29) is 18.6 Å². The molecule has 2 unspecified atom stereocenters. The van der Waals surface area contributed by atoms with Crippen LogP contribution in [0.15, 0.2) is 46.6 Å². The van der Waals surface area contributed by atoms with E-state index in [9.17, 15) is 19.7 Å². The van der Waals surface area contributed by atoms with E-state index in [0.717, 1.165) is 16.2 Å². The SMILES string of the molecule is CC(=O)C12CC(C)=C(C)CC1([N+](=O)[O-])C(=O)N(C)N=C2c1ccccc1. The Morgan fingerprint density at radius 2 is 1.77 bits per heavy atom. The van der Waals surface area contributed by atoms with Crippen molar-refractivity contribution in [2.24, 2.45) is 10.5 Å². The lowest BCUT2D eigenvalue weighted by molar-refractivity contribution is -0.567. The minimum absolute atomic E-state index is 0.0968. The Kier molecular flexibility index (Phi) is 4.05. The minimum Gasteiger partial charge on any atom is -0.299 e. The molecule has 0 aromatic heterocycles. The summed E-state index contributed by atoms with van der Waals surface area (Å²) in [7, 11) is 1.40. The summed E-state index contributed by atoms with van der Waals surface area (Å²) in [5, 5.41) is 17.7. The van der Waals surface area contributed by atoms with E-state index in [1.807, 2.05) is 13.0 Å². The van der Waals surface area contributed by atoms with Gasteiger partial charge in [0.2, 0.25) is 0 Å². The molecule has 1 aromatic rings. The number of benzene rings is 1. The third-order valence-electron chi connectivity index (χ3n) is 5.75. The van der Waals surface area contributed by atoms with Gasteiger partial charge in [0.25, 0.3) is 0 Å². The Morgan fingerprint density at radius 1 is 1.19 bits per heavy atom. The zero-order valence-corrected chi connectivity index (χ0v) is 15.3. The number of hydrazone groups is 1. The fourth-order valence-corrected chi connectivity index (χ4v) is 4.25. The summed E-state index contributed by atoms with van der Waals surface area (Å²) < 4.78 is 0. The third kappa shape index (κ3) is 2.09. The van der Waals surface area contributed by atoms with Crippen LogP contribution in [0.2, 0.25) is 0 Å². The number of hydrogen-bond acceptors (Lipinski definition) is 5. The van der Waals surface area contributed by atoms with Crippen molar-refractivity contribution in [1.82, 2.24) is 5.01 Å². The van der Waals surface area contributed by atoms with Gasteiger partial charge < -0.3 is 0 Å². The van der Waals surface area contributed by atoms with E-state index in [2.05, 4.69) is 5.10 Å². The molecule has 136 valence electrons. The lowest BCUT2D eigenvalue weighted by atomic mass is 9.54. The summed E-state index contributed by atoms with van der Waals surface area (Å²) in [6.07, 6.45) is 0.0168. The van der Waals surface area contributed by atoms with Gasteiger partial charge in [0.1, 0.15) is 5.78 Å². The van der Waals surface area contributed by atoms with Crippen LogP contribution in [-0.2, 0) is 9.59 Å². The zero-order valence-electron chi connectivity index (χ0n) is 15.3. The van der Waals surface area contributed by atoms with Crippen molar-refractivity contribution in [2.45, 2.75) is 39.2 Å². The van der Waals surface area contributed by atoms with Crippen molar-refractivity contribution >= 4 is 17.4 Å². The van der Waals surface area contributed by atoms with Crippen LogP contribution in [0, 0.1) is 15.5 Å². The number of carbonyl (C=O) groups excluding carboxylic acids is 2. The normalized spacial score (nSPS) is 28.5. The monoisotopic (exact) mass is 355 g/mol. The summed E-state index contributed by atoms with van der Waals surface area (Å²) in [5.41, 5.74) is -1.14. The Morgan fingerprint density at radius 3 is 2.31 bits per heavy atom. The van der Waals surface area contributed by atoms with Crippen LogP contribution in [-0.4, -0.2) is 39.9 Å². The van der Waals surface area contributed by atoms with Gasteiger partial charge in [-0.05, 0) is 32.8 Å². The molecule has 2 aliphatic rings. The van der Waals surface area contributed by atoms with E-state index in [1.165, 1.54) is 14.0 Å². The molecule has 7 nitrogen and oxygen atoms in total. The molecule has 0 spiro atoms. The van der Waals surface area contributed by atoms with Crippen molar-refractivity contribution in [1.29, 1.82) is 0 Å². The quantitative estimate of drug-likeness (QED) is 0.473. The Balaban J connectivity index is 2.44. The number of Topliss-reactive ketones (excluding diaryl/α,β-unsaturated/α-hetero) is 1. The number of nitrogens with zero attached hydrogens (tertiary/aromatic N) is 3. The van der Waals surface area contributed by atoms with Crippen LogP contribution in [0.4, 0.5) is 0 Å². The van der Waals surface area contributed by atoms with Gasteiger partial charge in [0.15, 0.2) is 5.41 Å². The van der Waals surface area contributed by atoms with Crippen molar-refractivity contribution in [3.8, 4) is 0 Å². The maximum Gasteiger partial charge on any atom is 0.322 e. The Labute approximate surface area is 151 Å². The molecule has 1 heterocycles. The van der Waals surface area contributed by atoms with Crippen molar-refractivity contribution < 1.29 is 14.5 Å². The molecular formula is C19H21N3O4. The number of rotatable bonds is 3. The van der Waals surface area contributed by atoms with E-state index in [4.69, 9.17) is 0 Å². The fraction of sp³-hybridized carbons (Fsp3) is 0.421. The smallest absolute Gasteiger partial charge is 0.299 e. The first-order valence-corrected chi connectivity index (χ1v) is 8.42. The maximum absolute atomic E-state index is 13.1. The average molecular weight is 355 g/mol. The molecule has 0 saturated heterocycles. The first-order chi connectivity index (χ1) is 12.2. The molecule has 2 atom stereocenters. The van der Waals surface area contributed by atoms with Gasteiger partial charge in [-0.15, -0.1) is 0 Å². The topological polar surface area (TPSA) is 92.9 Å². The van der Waals surface area contributed by atoms with Gasteiger partial charge in [0.05, 0.1) is 12.1 Å². The Hall–Kier alpha value is -2.83. The number of carbonyl (C=O) groups is 2. The number of nitro groups is 1. The number of hydrogen-bond donors (Lipinski definition) is 0. The first kappa shape index (κ1) is 18.0. The number of ketones is 1. The molecule has 3 rings (SSSR count). The number of fused-ring (bicyclic) bond motifs is 1. The second kappa shape index (κ2) is 5.86. The molecule has 1 aliphatic carbocycles. The molecular weight excluding hydrogens is 334 g/mol. The number of likely N-dealkylation sites (N-methyl/N-ethyl adjacent to an activating group) is 1. The molecule has 0 saturated carbocycles. The first-order valence-electron chi connectivity index (χ1n) is 8.42. The summed E-state index contributed by atoms with van der Waals surface area (Å²) in [5.74, 6) is -1.16. The summed E-state index contributed by atoms with van der Waals surface area (Å²) >= 11 is 0. The second-order valence-electron chi connectivity index (χ2n) is 7.14. The lowest BCUT2D eigenvalue weighted by Gasteiger charge is -2.48. The maximum atomic E-state index is 13.1. The van der Waals surface area contributed by atoms with Crippen molar-refractivity contribution in [3.63, 3.8) is 0 Å².